The summed E-state index contributed by atoms with van der Waals surface area (Å²) in [6.07, 6.45) is 19.8. The summed E-state index contributed by atoms with van der Waals surface area (Å²) in [6.45, 7) is 38.2. The van der Waals surface area contributed by atoms with Crippen molar-refractivity contribution in [2.45, 2.75) is 255 Å². The summed E-state index contributed by atoms with van der Waals surface area (Å²) in [5.74, 6) is 11.8. The molecule has 0 aromatic heterocycles. The van der Waals surface area contributed by atoms with Crippen molar-refractivity contribution in [1.29, 1.82) is 0 Å². The van der Waals surface area contributed by atoms with E-state index in [-0.39, 0.29) is 47.7 Å². The smallest absolute Gasteiger partial charge is 0.231 e. The van der Waals surface area contributed by atoms with Crippen LogP contribution in [0.2, 0.25) is 0 Å². The van der Waals surface area contributed by atoms with Crippen LogP contribution >= 0.6 is 0 Å². The topological polar surface area (TPSA) is 129 Å². The van der Waals surface area contributed by atoms with E-state index < -0.39 is 0 Å². The first-order valence-corrected chi connectivity index (χ1v) is 53.1. The van der Waals surface area contributed by atoms with Crippen molar-refractivity contribution in [3.8, 4) is 147 Å². The third kappa shape index (κ3) is 23.6. The maximum atomic E-state index is 6.54. The third-order valence-corrected chi connectivity index (χ3v) is 27.3. The molecule has 4 aliphatic heterocycles. The van der Waals surface area contributed by atoms with E-state index in [1.807, 2.05) is 101 Å². The molecule has 0 atom stereocenters. The Hall–Kier alpha value is -14.2. The number of benzene rings is 16. The van der Waals surface area contributed by atoms with E-state index in [9.17, 15) is 0 Å². The quantitative estimate of drug-likeness (QED) is 0.109. The monoisotopic (exact) mass is 1960 g/mol. The van der Waals surface area contributed by atoms with Crippen LogP contribution in [0.4, 0.5) is 0 Å². The van der Waals surface area contributed by atoms with E-state index in [2.05, 4.69) is 295 Å². The van der Waals surface area contributed by atoms with Gasteiger partial charge < -0.3 is 66.3 Å². The third-order valence-electron chi connectivity index (χ3n) is 27.3. The average Bonchev–Trinajstić information content (AvgIpc) is 1.06. The van der Waals surface area contributed by atoms with Gasteiger partial charge in [0.25, 0.3) is 0 Å². The van der Waals surface area contributed by atoms with Gasteiger partial charge in [-0.2, -0.15) is 0 Å². The first kappa shape index (κ1) is 101. The number of aryl methyl sites for hydroxylation is 4. The Morgan fingerprint density at radius 3 is 1.18 bits per heavy atom. The van der Waals surface area contributed by atoms with Crippen molar-refractivity contribution >= 4 is 43.1 Å². The van der Waals surface area contributed by atoms with Gasteiger partial charge in [0.05, 0.1) is 11.7 Å². The second-order valence-corrected chi connectivity index (χ2v) is 44.5. The summed E-state index contributed by atoms with van der Waals surface area (Å²) in [5, 5.41) is 9.51. The molecular formula is C133H142O14. The predicted octanol–water partition coefficient (Wildman–Crippen LogP) is 33.9. The van der Waals surface area contributed by atoms with Gasteiger partial charge in [0.1, 0.15) is 88.9 Å². The van der Waals surface area contributed by atoms with Crippen LogP contribution in [0.1, 0.15) is 214 Å². The summed E-state index contributed by atoms with van der Waals surface area (Å²) in [5.41, 5.74) is 24.6. The highest BCUT2D eigenvalue weighted by molar-refractivity contribution is 6.12. The normalized spacial score (nSPS) is 14.6. The van der Waals surface area contributed by atoms with E-state index in [1.165, 1.54) is 171 Å². The SMILES string of the molecule is CC(C)(C)Oc1ccc2c(c1-c1c3c(cc4c1OCCO4)CCCC3)CCCC2.CC(C)(C)Oc1ccc2c(c1-c1cccc3c1CCCC3)CCCC2.CC(C)(C)Oc1ccc2c(c1-c1cccc3c1OCO3)OCO2.CC(C)(C)Oc1ccc2ccccc2c1-c1c2c(cc3ccccc13)OCCO2.CC(C)(C)Oc1ccc2ccccc2c1-c1cccc2ccccc12.CC(C)Oc1ccccc1-c1ccccc1. The molecule has 0 spiro atoms. The lowest BCUT2D eigenvalue weighted by Gasteiger charge is -2.32. The number of fused-ring (bicyclic) bond motifs is 12. The fourth-order valence-electron chi connectivity index (χ4n) is 21.5. The van der Waals surface area contributed by atoms with Crippen LogP contribution in [-0.2, 0) is 51.4 Å². The summed E-state index contributed by atoms with van der Waals surface area (Å²) < 4.78 is 84.6. The zero-order valence-electron chi connectivity index (χ0n) is 88.9. The Kier molecular flexibility index (Phi) is 30.2. The fourth-order valence-corrected chi connectivity index (χ4v) is 21.5. The Labute approximate surface area is 869 Å². The van der Waals surface area contributed by atoms with E-state index >= 15 is 0 Å². The zero-order valence-corrected chi connectivity index (χ0v) is 88.9. The van der Waals surface area contributed by atoms with Crippen molar-refractivity contribution in [2.75, 3.05) is 40.0 Å². The van der Waals surface area contributed by atoms with Crippen LogP contribution in [0.5, 0.6) is 80.5 Å². The van der Waals surface area contributed by atoms with Crippen molar-refractivity contribution in [1.82, 2.24) is 0 Å². The van der Waals surface area contributed by atoms with Crippen LogP contribution in [0.3, 0.4) is 0 Å². The fraction of sp³-hybridized carbons (Fsp3) is 0.338. The van der Waals surface area contributed by atoms with Crippen LogP contribution < -0.4 is 66.3 Å². The maximum Gasteiger partial charge on any atom is 0.231 e. The lowest BCUT2D eigenvalue weighted by atomic mass is 9.80. The van der Waals surface area contributed by atoms with E-state index in [0.29, 0.717) is 43.7 Å². The van der Waals surface area contributed by atoms with Gasteiger partial charge in [0.15, 0.2) is 46.0 Å². The first-order valence-electron chi connectivity index (χ1n) is 53.1. The molecule has 0 amide bonds. The molecule has 0 unspecified atom stereocenters. The molecule has 0 fully saturated rings. The minimum absolute atomic E-state index is 0.174. The molecule has 0 saturated carbocycles. The van der Waals surface area contributed by atoms with Crippen molar-refractivity contribution in [3.05, 3.63) is 324 Å². The molecule has 4 heterocycles. The Morgan fingerprint density at radius 1 is 0.218 bits per heavy atom. The van der Waals surface area contributed by atoms with Crippen molar-refractivity contribution < 1.29 is 66.3 Å². The summed E-state index contributed by atoms with van der Waals surface area (Å²) in [7, 11) is 0. The Bertz CT molecular complexity index is 7400. The van der Waals surface area contributed by atoms with Gasteiger partial charge in [-0.3, -0.25) is 0 Å². The molecule has 0 saturated heterocycles. The molecule has 0 N–H and O–H groups in total. The second kappa shape index (κ2) is 43.8. The summed E-state index contributed by atoms with van der Waals surface area (Å²) >= 11 is 0. The standard InChI is InChI=1S/C26H32O3.C26H24O3.C24H30O.C24H22O.C18H18O5.C15H16O/c2*1-26(2,3)29-21-13-12-17-8-4-6-10-19(17)23(21)24-20-11-7-5-9-18(20)16-22-25(24)28-15-14-27-22;2*1-24(2,3)25-22-16-15-18-10-5-7-13-20(18)23(22)21-14-8-11-17-9-4-6-12-19(17)21;1-18(2,3)23-12-7-8-14-17(22-10-20-14)15(12)11-5-4-6-13-16(11)21-9-19-13;1-12(2)16-15-11-7-6-10-14(15)13-8-4-3-5-9-13/h12-13,16H,4-11,14-15H2,1-3H3;4-13,16H,14-15H2,1-3H3;8,11,14-16H,4-7,9-10,12-13H2,1-3H3;4-16H,1-3H3;4-8H,9-10H2,1-3H3;3-12H,1-2H3. The highest BCUT2D eigenvalue weighted by Gasteiger charge is 2.36. The van der Waals surface area contributed by atoms with E-state index in [0.717, 1.165) is 133 Å². The van der Waals surface area contributed by atoms with Crippen LogP contribution in [0, 0.1) is 0 Å². The molecule has 4 aliphatic carbocycles. The number of rotatable bonds is 13. The average molecular weight is 1960 g/mol. The minimum atomic E-state index is -0.336. The molecule has 16 aromatic carbocycles. The van der Waals surface area contributed by atoms with Crippen molar-refractivity contribution in [3.63, 3.8) is 0 Å². The Morgan fingerprint density at radius 2 is 0.592 bits per heavy atom. The molecular weight excluding hydrogens is 1820 g/mol. The largest absolute Gasteiger partial charge is 0.490 e. The lowest BCUT2D eigenvalue weighted by Crippen LogP contribution is -2.24. The van der Waals surface area contributed by atoms with Gasteiger partial charge in [0.2, 0.25) is 13.6 Å². The number of hydrogen-bond donors (Lipinski definition) is 0. The van der Waals surface area contributed by atoms with Crippen LogP contribution in [0.15, 0.2) is 279 Å². The first-order chi connectivity index (χ1) is 70.9. The number of hydrogen-bond acceptors (Lipinski definition) is 14. The van der Waals surface area contributed by atoms with Gasteiger partial charge in [-0.05, 0) is 385 Å². The second-order valence-electron chi connectivity index (χ2n) is 44.5. The maximum absolute atomic E-state index is 6.54. The molecule has 758 valence electrons. The van der Waals surface area contributed by atoms with Crippen molar-refractivity contribution in [2.24, 2.45) is 0 Å². The molecule has 147 heavy (non-hydrogen) atoms. The molecule has 0 radical (unpaired) electrons. The van der Waals surface area contributed by atoms with E-state index in [1.54, 1.807) is 16.7 Å². The molecule has 8 aliphatic rings. The molecule has 24 rings (SSSR count). The van der Waals surface area contributed by atoms with Crippen LogP contribution in [0.25, 0.3) is 110 Å². The molecule has 14 nitrogen and oxygen atoms in total. The number of para-hydroxylation sites is 2. The molecule has 16 aromatic rings. The molecule has 14 heteroatoms. The lowest BCUT2D eigenvalue weighted by molar-refractivity contribution is 0.130. The molecule has 0 bridgehead atoms. The van der Waals surface area contributed by atoms with Gasteiger partial charge in [-0.25, -0.2) is 0 Å². The summed E-state index contributed by atoms with van der Waals surface area (Å²) in [4.78, 5) is 0. The highest BCUT2D eigenvalue weighted by Crippen LogP contribution is 2.57. The predicted molar refractivity (Wildman–Crippen MR) is 600 cm³/mol. The van der Waals surface area contributed by atoms with Gasteiger partial charge in [-0.1, -0.05) is 218 Å². The van der Waals surface area contributed by atoms with Crippen LogP contribution in [-0.4, -0.2) is 74.1 Å². The zero-order chi connectivity index (χ0) is 102. The highest BCUT2D eigenvalue weighted by atomic mass is 16.7. The van der Waals surface area contributed by atoms with Gasteiger partial charge in [-0.15, -0.1) is 0 Å². The minimum Gasteiger partial charge on any atom is -0.490 e. The number of ether oxygens (including phenoxy) is 14. The Balaban J connectivity index is 0.000000112. The van der Waals surface area contributed by atoms with E-state index in [4.69, 9.17) is 66.3 Å². The van der Waals surface area contributed by atoms with Gasteiger partial charge >= 0.3 is 0 Å². The van der Waals surface area contributed by atoms with Gasteiger partial charge in [0, 0.05) is 44.5 Å². The summed E-state index contributed by atoms with van der Waals surface area (Å²) in [6, 6.07) is 97.1.